The highest BCUT2D eigenvalue weighted by atomic mass is 127. The fraction of sp³-hybridized carbons (Fsp3) is 0. The first kappa shape index (κ1) is 16.9. The lowest BCUT2D eigenvalue weighted by Crippen LogP contribution is -2.03. The number of nitro benzene ring substituents is 1. The van der Waals surface area contributed by atoms with Gasteiger partial charge in [0.2, 0.25) is 0 Å². The first-order chi connectivity index (χ1) is 9.81. The van der Waals surface area contributed by atoms with E-state index in [1.807, 2.05) is 12.1 Å². The lowest BCUT2D eigenvalue weighted by atomic mass is 10.0. The first-order valence-corrected chi connectivity index (χ1v) is 8.71. The molecule has 0 atom stereocenters. The Hall–Kier alpha value is -0.500. The fourth-order valence-corrected chi connectivity index (χ4v) is 6.04. The molecular formula is C13H6I3NO4. The van der Waals surface area contributed by atoms with Crippen molar-refractivity contribution in [2.75, 3.05) is 0 Å². The molecule has 21 heavy (non-hydrogen) atoms. The van der Waals surface area contributed by atoms with E-state index < -0.39 is 16.6 Å². The summed E-state index contributed by atoms with van der Waals surface area (Å²) in [5, 5.41) is 20.1. The molecule has 0 saturated carbocycles. The third-order valence-electron chi connectivity index (χ3n) is 2.72. The second-order valence-electron chi connectivity index (χ2n) is 4.04. The molecule has 0 aliphatic rings. The van der Waals surface area contributed by atoms with Crippen LogP contribution in [0.1, 0.15) is 10.4 Å². The molecule has 0 saturated heterocycles. The van der Waals surface area contributed by atoms with Crippen LogP contribution in [0, 0.1) is 20.8 Å². The zero-order valence-electron chi connectivity index (χ0n) is 10.1. The number of rotatable bonds is 3. The lowest BCUT2D eigenvalue weighted by molar-refractivity contribution is -0.385. The second-order valence-corrected chi connectivity index (χ2v) is 7.61. The molecule has 108 valence electrons. The summed E-state index contributed by atoms with van der Waals surface area (Å²) in [6.45, 7) is 0. The summed E-state index contributed by atoms with van der Waals surface area (Å²) < 4.78 is 2.99. The van der Waals surface area contributed by atoms with Crippen LogP contribution in [0.2, 0.25) is 0 Å². The smallest absolute Gasteiger partial charge is 0.342 e. The third-order valence-corrected chi connectivity index (χ3v) is 5.04. The third kappa shape index (κ3) is 3.64. The molecule has 8 heteroatoms. The van der Waals surface area contributed by atoms with E-state index in [1.54, 1.807) is 6.07 Å². The van der Waals surface area contributed by atoms with Gasteiger partial charge < -0.3 is 5.11 Å². The number of halogens is 3. The van der Waals surface area contributed by atoms with E-state index in [-0.39, 0.29) is 5.56 Å². The molecule has 1 N–H and O–H groups in total. The van der Waals surface area contributed by atoms with Crippen LogP contribution in [0.5, 0.6) is 0 Å². The molecule has 0 amide bonds. The van der Waals surface area contributed by atoms with Gasteiger partial charge in [-0.05, 0) is 91.5 Å². The summed E-state index contributed by atoms with van der Waals surface area (Å²) >= 11 is 6.54. The van der Waals surface area contributed by atoms with E-state index in [9.17, 15) is 14.9 Å². The molecule has 0 radical (unpaired) electrons. The Bertz CT molecular complexity index is 738. The highest BCUT2D eigenvalue weighted by molar-refractivity contribution is 14.1. The topological polar surface area (TPSA) is 80.4 Å². The molecule has 0 spiro atoms. The summed E-state index contributed by atoms with van der Waals surface area (Å²) in [6, 6.07) is 8.13. The van der Waals surface area contributed by atoms with Crippen LogP contribution in [0.4, 0.5) is 5.69 Å². The maximum Gasteiger partial charge on any atom is 0.342 e. The van der Waals surface area contributed by atoms with Crippen molar-refractivity contribution >= 4 is 79.4 Å². The summed E-state index contributed by atoms with van der Waals surface area (Å²) in [6.07, 6.45) is 0. The van der Waals surface area contributed by atoms with Gasteiger partial charge in [0, 0.05) is 22.3 Å². The minimum absolute atomic E-state index is 0.306. The van der Waals surface area contributed by atoms with E-state index in [2.05, 4.69) is 67.8 Å². The summed E-state index contributed by atoms with van der Waals surface area (Å²) in [5.74, 6) is -1.31. The van der Waals surface area contributed by atoms with Gasteiger partial charge >= 0.3 is 5.97 Å². The number of carboxylic acid groups (broad SMARTS) is 1. The molecule has 0 bridgehead atoms. The van der Waals surface area contributed by atoms with Crippen LogP contribution in [-0.4, -0.2) is 16.0 Å². The molecule has 2 aromatic rings. The average molecular weight is 621 g/mol. The van der Waals surface area contributed by atoms with Gasteiger partial charge in [0.25, 0.3) is 5.69 Å². The molecule has 0 aliphatic carbocycles. The Morgan fingerprint density at radius 3 is 2.14 bits per heavy atom. The Morgan fingerprint density at radius 1 is 1.10 bits per heavy atom. The number of hydrogen-bond acceptors (Lipinski definition) is 3. The van der Waals surface area contributed by atoms with Crippen molar-refractivity contribution in [3.63, 3.8) is 0 Å². The monoisotopic (exact) mass is 621 g/mol. The van der Waals surface area contributed by atoms with Gasteiger partial charge in [0.1, 0.15) is 5.56 Å². The van der Waals surface area contributed by atoms with Crippen molar-refractivity contribution in [2.45, 2.75) is 0 Å². The minimum atomic E-state index is -1.31. The van der Waals surface area contributed by atoms with Gasteiger partial charge in [0.15, 0.2) is 0 Å². The summed E-state index contributed by atoms with van der Waals surface area (Å²) in [7, 11) is 0. The maximum atomic E-state index is 11.1. The van der Waals surface area contributed by atoms with Crippen molar-refractivity contribution in [3.05, 3.63) is 56.7 Å². The minimum Gasteiger partial charge on any atom is -0.477 e. The molecule has 2 aromatic carbocycles. The largest absolute Gasteiger partial charge is 0.477 e. The van der Waals surface area contributed by atoms with E-state index in [0.29, 0.717) is 5.56 Å². The van der Waals surface area contributed by atoms with Gasteiger partial charge in [-0.25, -0.2) is 4.79 Å². The number of carboxylic acids is 1. The van der Waals surface area contributed by atoms with Crippen molar-refractivity contribution in [3.8, 4) is 11.1 Å². The van der Waals surface area contributed by atoms with E-state index >= 15 is 0 Å². The van der Waals surface area contributed by atoms with Crippen LogP contribution in [0.25, 0.3) is 11.1 Å². The molecule has 0 aromatic heterocycles. The van der Waals surface area contributed by atoms with Gasteiger partial charge in [-0.2, -0.15) is 0 Å². The Labute approximate surface area is 160 Å². The molecule has 5 nitrogen and oxygen atoms in total. The molecule has 2 rings (SSSR count). The summed E-state index contributed by atoms with van der Waals surface area (Å²) in [5.41, 5.74) is 0.804. The fourth-order valence-electron chi connectivity index (χ4n) is 1.84. The number of hydrogen-bond donors (Lipinski definition) is 1. The van der Waals surface area contributed by atoms with Crippen molar-refractivity contribution in [2.24, 2.45) is 0 Å². The number of nitro groups is 1. The number of benzene rings is 2. The molecule has 0 aliphatic heterocycles. The van der Waals surface area contributed by atoms with Gasteiger partial charge in [-0.3, -0.25) is 10.1 Å². The van der Waals surface area contributed by atoms with Gasteiger partial charge in [-0.1, -0.05) is 6.07 Å². The quantitative estimate of drug-likeness (QED) is 0.305. The van der Waals surface area contributed by atoms with Crippen LogP contribution in [-0.2, 0) is 0 Å². The van der Waals surface area contributed by atoms with E-state index in [1.165, 1.54) is 12.1 Å². The highest BCUT2D eigenvalue weighted by Gasteiger charge is 2.21. The standard InChI is InChI=1S/C13H6I3NO4/c14-7-4-9(15)12(10(16)5-7)6-1-2-8(13(18)19)11(3-6)17(20)21/h1-5H,(H,18,19). The van der Waals surface area contributed by atoms with E-state index in [4.69, 9.17) is 5.11 Å². The zero-order valence-corrected chi connectivity index (χ0v) is 16.6. The molecule has 0 fully saturated rings. The number of nitrogens with zero attached hydrogens (tertiary/aromatic N) is 1. The normalized spacial score (nSPS) is 10.4. The molecule has 0 heterocycles. The highest BCUT2D eigenvalue weighted by Crippen LogP contribution is 2.34. The Balaban J connectivity index is 2.69. The predicted octanol–water partition coefficient (Wildman–Crippen LogP) is 4.77. The number of aromatic carboxylic acids is 1. The number of carbonyl (C=O) groups is 1. The van der Waals surface area contributed by atoms with Gasteiger partial charge in [-0.15, -0.1) is 0 Å². The first-order valence-electron chi connectivity index (χ1n) is 5.48. The Kier molecular flexibility index (Phi) is 5.40. The van der Waals surface area contributed by atoms with Gasteiger partial charge in [0.05, 0.1) is 4.92 Å². The molecule has 0 unspecified atom stereocenters. The van der Waals surface area contributed by atoms with Crippen molar-refractivity contribution in [1.29, 1.82) is 0 Å². The van der Waals surface area contributed by atoms with Crippen LogP contribution in [0.3, 0.4) is 0 Å². The second kappa shape index (κ2) is 6.73. The predicted molar refractivity (Wildman–Crippen MR) is 104 cm³/mol. The Morgan fingerprint density at radius 2 is 1.67 bits per heavy atom. The lowest BCUT2D eigenvalue weighted by Gasteiger charge is -2.09. The van der Waals surface area contributed by atoms with E-state index in [0.717, 1.165) is 16.3 Å². The maximum absolute atomic E-state index is 11.1. The van der Waals surface area contributed by atoms with Crippen molar-refractivity contribution in [1.82, 2.24) is 0 Å². The van der Waals surface area contributed by atoms with Crippen molar-refractivity contribution < 1.29 is 14.8 Å². The van der Waals surface area contributed by atoms with Crippen LogP contribution in [0.15, 0.2) is 30.3 Å². The zero-order chi connectivity index (χ0) is 15.7. The van der Waals surface area contributed by atoms with Crippen LogP contribution >= 0.6 is 67.8 Å². The SMILES string of the molecule is O=C(O)c1ccc(-c2c(I)cc(I)cc2I)cc1[N+](=O)[O-]. The average Bonchev–Trinajstić information content (AvgIpc) is 2.36. The summed E-state index contributed by atoms with van der Waals surface area (Å²) in [4.78, 5) is 21.4. The van der Waals surface area contributed by atoms with Crippen LogP contribution < -0.4 is 0 Å². The molecular weight excluding hydrogens is 615 g/mol.